The predicted octanol–water partition coefficient (Wildman–Crippen LogP) is 2.72. The Kier molecular flexibility index (Phi) is 7.19. The fraction of sp³-hybridized carbons (Fsp3) is 0.231. The molecule has 3 N–H and O–H groups in total. The summed E-state index contributed by atoms with van der Waals surface area (Å²) in [6.07, 6.45) is 6.25. The zero-order valence-electron chi connectivity index (χ0n) is 19.8. The van der Waals surface area contributed by atoms with Gasteiger partial charge in [0.05, 0.1) is 26.1 Å². The number of allylic oxidation sites excluding steroid dienone is 2. The summed E-state index contributed by atoms with van der Waals surface area (Å²) in [5, 5.41) is 22.4. The summed E-state index contributed by atoms with van der Waals surface area (Å²) in [7, 11) is 1.09. The van der Waals surface area contributed by atoms with Gasteiger partial charge < -0.3 is 24.8 Å². The van der Waals surface area contributed by atoms with Crippen LogP contribution >= 0.6 is 0 Å². The van der Waals surface area contributed by atoms with Crippen molar-refractivity contribution in [2.24, 2.45) is 4.99 Å². The molecule has 0 aromatic heterocycles. The third-order valence-corrected chi connectivity index (χ3v) is 6.15. The van der Waals surface area contributed by atoms with Gasteiger partial charge in [-0.1, -0.05) is 6.07 Å². The zero-order chi connectivity index (χ0) is 25.1. The lowest BCUT2D eigenvalue weighted by Gasteiger charge is -2.14. The van der Waals surface area contributed by atoms with Crippen LogP contribution in [0.2, 0.25) is 0 Å². The number of benzene rings is 2. The molecule has 0 saturated carbocycles. The van der Waals surface area contributed by atoms with E-state index in [-0.39, 0.29) is 35.1 Å². The number of aliphatic imine (C=N–C) groups is 1. The van der Waals surface area contributed by atoms with Gasteiger partial charge >= 0.3 is 7.12 Å². The number of carbonyl (C=O) groups excluding carboxylic acids is 1. The number of halogens is 1. The highest BCUT2D eigenvalue weighted by molar-refractivity contribution is 6.61. The van der Waals surface area contributed by atoms with Crippen LogP contribution < -0.4 is 20.3 Å². The van der Waals surface area contributed by atoms with Gasteiger partial charge in [0.25, 0.3) is 0 Å². The third-order valence-electron chi connectivity index (χ3n) is 6.15. The van der Waals surface area contributed by atoms with Crippen LogP contribution in [0.5, 0.6) is 11.5 Å². The molecule has 1 amide bonds. The topological polar surface area (TPSA) is 100 Å². The fourth-order valence-corrected chi connectivity index (χ4v) is 4.38. The van der Waals surface area contributed by atoms with Crippen LogP contribution in [0, 0.1) is 5.82 Å². The molecule has 9 heteroatoms. The molecule has 1 aliphatic carbocycles. The van der Waals surface area contributed by atoms with Crippen molar-refractivity contribution in [3.63, 3.8) is 0 Å². The first-order valence-corrected chi connectivity index (χ1v) is 11.1. The van der Waals surface area contributed by atoms with Crippen LogP contribution in [0.1, 0.15) is 36.5 Å². The van der Waals surface area contributed by atoms with Crippen molar-refractivity contribution in [1.29, 1.82) is 0 Å². The quantitative estimate of drug-likeness (QED) is 0.509. The summed E-state index contributed by atoms with van der Waals surface area (Å²) in [5.74, 6) is -0.0215. The Morgan fingerprint density at radius 2 is 1.89 bits per heavy atom. The van der Waals surface area contributed by atoms with E-state index in [1.807, 2.05) is 13.0 Å². The van der Waals surface area contributed by atoms with Gasteiger partial charge in [0.2, 0.25) is 5.91 Å². The first-order valence-electron chi connectivity index (χ1n) is 11.1. The molecular formula is C26H26BFN2O5. The number of hydrogen-bond donors (Lipinski definition) is 3. The van der Waals surface area contributed by atoms with Crippen molar-refractivity contribution < 1.29 is 28.7 Å². The Hall–Kier alpha value is -3.69. The van der Waals surface area contributed by atoms with Crippen molar-refractivity contribution in [2.75, 3.05) is 20.8 Å². The van der Waals surface area contributed by atoms with Gasteiger partial charge in [0.15, 0.2) is 0 Å². The number of amides is 1. The first-order chi connectivity index (χ1) is 16.8. The summed E-state index contributed by atoms with van der Waals surface area (Å²) in [6.45, 7) is 2.33. The predicted molar refractivity (Wildman–Crippen MR) is 135 cm³/mol. The van der Waals surface area contributed by atoms with Crippen molar-refractivity contribution >= 4 is 41.9 Å². The van der Waals surface area contributed by atoms with Gasteiger partial charge in [-0.3, -0.25) is 9.79 Å². The average Bonchev–Trinajstić information content (AvgIpc) is 3.44. The number of hydrogen-bond acceptors (Lipinski definition) is 6. The minimum absolute atomic E-state index is 0.107. The molecule has 0 radical (unpaired) electrons. The molecule has 7 nitrogen and oxygen atoms in total. The van der Waals surface area contributed by atoms with E-state index in [4.69, 9.17) is 9.47 Å². The maximum Gasteiger partial charge on any atom is 0.496 e. The molecule has 2 aromatic rings. The molecule has 0 fully saturated rings. The summed E-state index contributed by atoms with van der Waals surface area (Å²) in [4.78, 5) is 16.8. The van der Waals surface area contributed by atoms with E-state index in [0.29, 0.717) is 17.7 Å². The van der Waals surface area contributed by atoms with Gasteiger partial charge in [0.1, 0.15) is 17.3 Å². The normalized spacial score (nSPS) is 15.4. The van der Waals surface area contributed by atoms with Gasteiger partial charge in [-0.25, -0.2) is 4.39 Å². The van der Waals surface area contributed by atoms with E-state index in [1.165, 1.54) is 26.4 Å². The van der Waals surface area contributed by atoms with E-state index in [9.17, 15) is 19.2 Å². The van der Waals surface area contributed by atoms with Crippen molar-refractivity contribution in [3.8, 4) is 11.5 Å². The third kappa shape index (κ3) is 5.06. The second-order valence-electron chi connectivity index (χ2n) is 8.34. The molecule has 1 aliphatic heterocycles. The highest BCUT2D eigenvalue weighted by atomic mass is 19.1. The second-order valence-corrected chi connectivity index (χ2v) is 8.34. The largest absolute Gasteiger partial charge is 0.497 e. The molecule has 35 heavy (non-hydrogen) atoms. The number of nitrogens with zero attached hydrogens (tertiary/aromatic N) is 1. The van der Waals surface area contributed by atoms with Crippen molar-refractivity contribution in [1.82, 2.24) is 5.32 Å². The van der Waals surface area contributed by atoms with E-state index >= 15 is 0 Å². The Bertz CT molecular complexity index is 1270. The molecule has 0 atom stereocenters. The molecule has 2 aliphatic rings. The van der Waals surface area contributed by atoms with Gasteiger partial charge in [-0.05, 0) is 76.2 Å². The summed E-state index contributed by atoms with van der Waals surface area (Å²) in [5.41, 5.74) is 5.76. The SMILES string of the molecule is COc1cc(C=C2C(C)=C(CC(=O)NCC3=CN=CC3)c3cc(F)ccc32)cc(OC)c1B(O)O. The van der Waals surface area contributed by atoms with Crippen LogP contribution in [0.15, 0.2) is 52.7 Å². The molecule has 0 bridgehead atoms. The Balaban J connectivity index is 1.71. The molecule has 4 rings (SSSR count). The minimum Gasteiger partial charge on any atom is -0.497 e. The molecule has 0 saturated heterocycles. The molecule has 180 valence electrons. The van der Waals surface area contributed by atoms with E-state index < -0.39 is 7.12 Å². The first kappa shape index (κ1) is 24.4. The van der Waals surface area contributed by atoms with Crippen LogP contribution in [0.4, 0.5) is 4.39 Å². The summed E-state index contributed by atoms with van der Waals surface area (Å²) >= 11 is 0. The Morgan fingerprint density at radius 3 is 2.49 bits per heavy atom. The van der Waals surface area contributed by atoms with Gasteiger partial charge in [-0.15, -0.1) is 0 Å². The van der Waals surface area contributed by atoms with Crippen molar-refractivity contribution in [3.05, 3.63) is 70.2 Å². The number of carbonyl (C=O) groups is 1. The fourth-order valence-electron chi connectivity index (χ4n) is 4.38. The average molecular weight is 476 g/mol. The lowest BCUT2D eigenvalue weighted by Crippen LogP contribution is -2.32. The van der Waals surface area contributed by atoms with E-state index in [2.05, 4.69) is 10.3 Å². The number of fused-ring (bicyclic) bond motifs is 1. The van der Waals surface area contributed by atoms with Crippen LogP contribution in [-0.2, 0) is 4.79 Å². The van der Waals surface area contributed by atoms with Gasteiger partial charge in [-0.2, -0.15) is 0 Å². The minimum atomic E-state index is -1.77. The number of methoxy groups -OCH3 is 2. The van der Waals surface area contributed by atoms with Crippen LogP contribution in [-0.4, -0.2) is 50.1 Å². The second kappa shape index (κ2) is 10.3. The lowest BCUT2D eigenvalue weighted by atomic mass is 9.78. The molecular weight excluding hydrogens is 450 g/mol. The smallest absolute Gasteiger partial charge is 0.496 e. The number of ether oxygens (including phenoxy) is 2. The Labute approximate surface area is 203 Å². The summed E-state index contributed by atoms with van der Waals surface area (Å²) < 4.78 is 24.9. The number of rotatable bonds is 8. The number of nitrogens with one attached hydrogen (secondary N) is 1. The molecule has 1 heterocycles. The van der Waals surface area contributed by atoms with E-state index in [0.717, 1.165) is 34.3 Å². The molecule has 0 spiro atoms. The Morgan fingerprint density at radius 1 is 1.17 bits per heavy atom. The highest BCUT2D eigenvalue weighted by Gasteiger charge is 2.27. The summed E-state index contributed by atoms with van der Waals surface area (Å²) in [6, 6.07) is 7.88. The van der Waals surface area contributed by atoms with Crippen LogP contribution in [0.25, 0.3) is 17.2 Å². The lowest BCUT2D eigenvalue weighted by molar-refractivity contribution is -0.119. The van der Waals surface area contributed by atoms with Gasteiger partial charge in [0, 0.05) is 25.4 Å². The highest BCUT2D eigenvalue weighted by Crippen LogP contribution is 2.44. The maximum absolute atomic E-state index is 14.2. The zero-order valence-corrected chi connectivity index (χ0v) is 19.8. The standard InChI is InChI=1S/C26H26BFN2O5/c1-15-20(8-17-9-23(34-2)26(27(32)33)24(10-17)35-3)19-5-4-18(28)11-22(19)21(15)12-25(31)30-14-16-6-7-29-13-16/h4-5,7-11,13,32-33H,6,12,14H2,1-3H3,(H,30,31). The van der Waals surface area contributed by atoms with Crippen LogP contribution in [0.3, 0.4) is 0 Å². The van der Waals surface area contributed by atoms with Crippen molar-refractivity contribution in [2.45, 2.75) is 19.8 Å². The molecule has 2 aromatic carbocycles. The van der Waals surface area contributed by atoms with E-state index in [1.54, 1.807) is 30.6 Å². The maximum atomic E-state index is 14.2. The molecule has 0 unspecified atom stereocenters. The monoisotopic (exact) mass is 476 g/mol.